The van der Waals surface area contributed by atoms with Crippen LogP contribution in [-0.2, 0) is 4.74 Å². The molecule has 0 spiro atoms. The van der Waals surface area contributed by atoms with Gasteiger partial charge in [-0.05, 0) is 6.07 Å². The summed E-state index contributed by atoms with van der Waals surface area (Å²) >= 11 is 0. The third kappa shape index (κ3) is 1.88. The van der Waals surface area contributed by atoms with Crippen molar-refractivity contribution in [2.75, 3.05) is 31.2 Å². The van der Waals surface area contributed by atoms with E-state index in [1.807, 2.05) is 0 Å². The van der Waals surface area contributed by atoms with E-state index < -0.39 is 0 Å². The third-order valence-corrected chi connectivity index (χ3v) is 2.84. The lowest BCUT2D eigenvalue weighted by atomic mass is 10.4. The smallest absolute Gasteiger partial charge is 0.262 e. The fraction of sp³-hybridized carbons (Fsp3) is 0.364. The van der Waals surface area contributed by atoms with E-state index in [1.165, 1.54) is 4.40 Å². The van der Waals surface area contributed by atoms with Gasteiger partial charge in [-0.2, -0.15) is 9.97 Å². The second-order valence-corrected chi connectivity index (χ2v) is 4.01. The van der Waals surface area contributed by atoms with Crippen LogP contribution in [0.15, 0.2) is 23.1 Å². The van der Waals surface area contributed by atoms with Crippen molar-refractivity contribution in [3.05, 3.63) is 28.7 Å². The van der Waals surface area contributed by atoms with Gasteiger partial charge < -0.3 is 14.7 Å². The van der Waals surface area contributed by atoms with E-state index in [2.05, 4.69) is 14.9 Å². The van der Waals surface area contributed by atoms with Gasteiger partial charge in [-0.15, -0.1) is 0 Å². The van der Waals surface area contributed by atoms with Crippen molar-refractivity contribution in [2.45, 2.75) is 0 Å². The lowest BCUT2D eigenvalue weighted by Crippen LogP contribution is -2.37. The largest absolute Gasteiger partial charge is 0.493 e. The molecule has 0 unspecified atom stereocenters. The minimum absolute atomic E-state index is 0.198. The van der Waals surface area contributed by atoms with Crippen LogP contribution < -0.4 is 10.5 Å². The van der Waals surface area contributed by atoms with Gasteiger partial charge in [-0.25, -0.2) is 0 Å². The van der Waals surface area contributed by atoms with Crippen LogP contribution in [0.4, 0.5) is 5.82 Å². The predicted molar refractivity (Wildman–Crippen MR) is 64.0 cm³/mol. The van der Waals surface area contributed by atoms with Gasteiger partial charge in [-0.1, -0.05) is 0 Å². The fourth-order valence-electron chi connectivity index (χ4n) is 1.94. The molecule has 0 radical (unpaired) electrons. The first-order valence-electron chi connectivity index (χ1n) is 5.66. The average molecular weight is 248 g/mol. The minimum Gasteiger partial charge on any atom is -0.493 e. The molecule has 0 aliphatic carbocycles. The summed E-state index contributed by atoms with van der Waals surface area (Å²) in [6, 6.07) is 2.82. The maximum atomic E-state index is 11.6. The van der Waals surface area contributed by atoms with Gasteiger partial charge in [0.2, 0.25) is 11.7 Å². The Balaban J connectivity index is 2.07. The molecule has 1 fully saturated rings. The first-order chi connectivity index (χ1) is 8.74. The van der Waals surface area contributed by atoms with Crippen LogP contribution in [-0.4, -0.2) is 45.8 Å². The molecule has 3 rings (SSSR count). The molecule has 1 N–H and O–H groups in total. The topological polar surface area (TPSA) is 80.0 Å². The van der Waals surface area contributed by atoms with E-state index in [1.54, 1.807) is 12.3 Å². The number of ether oxygens (including phenoxy) is 1. The van der Waals surface area contributed by atoms with Gasteiger partial charge >= 0.3 is 0 Å². The Hall–Kier alpha value is -2.15. The summed E-state index contributed by atoms with van der Waals surface area (Å²) in [6.07, 6.45) is 1.61. The highest BCUT2D eigenvalue weighted by atomic mass is 16.5. The first kappa shape index (κ1) is 11.0. The molecule has 7 heteroatoms. The van der Waals surface area contributed by atoms with Gasteiger partial charge in [0, 0.05) is 19.3 Å². The number of hydrogen-bond acceptors (Lipinski definition) is 6. The highest BCUT2D eigenvalue weighted by Crippen LogP contribution is 2.13. The Labute approximate surface area is 102 Å². The Morgan fingerprint density at radius 1 is 1.28 bits per heavy atom. The van der Waals surface area contributed by atoms with E-state index >= 15 is 0 Å². The summed E-state index contributed by atoms with van der Waals surface area (Å²) in [7, 11) is 0. The Morgan fingerprint density at radius 3 is 2.83 bits per heavy atom. The summed E-state index contributed by atoms with van der Waals surface area (Å²) in [5.41, 5.74) is -0.349. The van der Waals surface area contributed by atoms with E-state index in [-0.39, 0.29) is 17.2 Å². The number of nitrogens with zero attached hydrogens (tertiary/aromatic N) is 4. The second-order valence-electron chi connectivity index (χ2n) is 4.01. The van der Waals surface area contributed by atoms with Crippen molar-refractivity contribution >= 4 is 11.6 Å². The predicted octanol–water partition coefficient (Wildman–Crippen LogP) is -0.368. The van der Waals surface area contributed by atoms with Gasteiger partial charge in [0.1, 0.15) is 5.82 Å². The molecule has 0 amide bonds. The molecule has 3 heterocycles. The van der Waals surface area contributed by atoms with Crippen molar-refractivity contribution in [3.8, 4) is 5.88 Å². The molecular weight excluding hydrogens is 236 g/mol. The van der Waals surface area contributed by atoms with Crippen LogP contribution in [0.2, 0.25) is 0 Å². The van der Waals surface area contributed by atoms with Crippen molar-refractivity contribution in [3.63, 3.8) is 0 Å². The highest BCUT2D eigenvalue weighted by Gasteiger charge is 2.13. The van der Waals surface area contributed by atoms with E-state index in [4.69, 9.17) is 4.74 Å². The summed E-state index contributed by atoms with van der Waals surface area (Å²) in [6.45, 7) is 2.83. The van der Waals surface area contributed by atoms with E-state index in [0.29, 0.717) is 13.2 Å². The maximum Gasteiger partial charge on any atom is 0.262 e. The molecule has 18 heavy (non-hydrogen) atoms. The van der Waals surface area contributed by atoms with Gasteiger partial charge in [0.25, 0.3) is 5.56 Å². The zero-order valence-corrected chi connectivity index (χ0v) is 9.61. The summed E-state index contributed by atoms with van der Waals surface area (Å²) in [4.78, 5) is 21.8. The highest BCUT2D eigenvalue weighted by molar-refractivity contribution is 5.45. The standard InChI is InChI=1S/C11H12N4O3/c16-9-7-10(17)15-2-1-8(12-11(15)13-9)14-3-5-18-6-4-14/h1-2,7,16H,3-6H2. The number of fused-ring (bicyclic) bond motifs is 1. The zero-order chi connectivity index (χ0) is 12.5. The third-order valence-electron chi connectivity index (χ3n) is 2.84. The van der Waals surface area contributed by atoms with Crippen LogP contribution >= 0.6 is 0 Å². The average Bonchev–Trinajstić information content (AvgIpc) is 2.39. The number of anilines is 1. The van der Waals surface area contributed by atoms with Crippen LogP contribution in [0.1, 0.15) is 0 Å². The monoisotopic (exact) mass is 248 g/mol. The molecule has 2 aromatic heterocycles. The normalized spacial score (nSPS) is 16.1. The maximum absolute atomic E-state index is 11.6. The Bertz CT molecular complexity index is 634. The molecule has 0 bridgehead atoms. The molecule has 1 aliphatic heterocycles. The van der Waals surface area contributed by atoms with Crippen molar-refractivity contribution in [1.29, 1.82) is 0 Å². The summed E-state index contributed by atoms with van der Waals surface area (Å²) < 4.78 is 6.56. The second kappa shape index (κ2) is 4.26. The number of hydrogen-bond donors (Lipinski definition) is 1. The van der Waals surface area contributed by atoms with Gasteiger partial charge in [0.05, 0.1) is 19.3 Å². The van der Waals surface area contributed by atoms with Crippen LogP contribution in [0.3, 0.4) is 0 Å². The first-order valence-corrected chi connectivity index (χ1v) is 5.66. The zero-order valence-electron chi connectivity index (χ0n) is 9.61. The number of rotatable bonds is 1. The summed E-state index contributed by atoms with van der Waals surface area (Å²) in [5.74, 6) is 0.617. The van der Waals surface area contributed by atoms with Crippen molar-refractivity contribution < 1.29 is 9.84 Å². The van der Waals surface area contributed by atoms with Gasteiger partial charge in [0.15, 0.2) is 0 Å². The molecule has 0 aromatic carbocycles. The Kier molecular flexibility index (Phi) is 2.60. The molecule has 0 atom stereocenters. The molecular formula is C11H12N4O3. The fourth-order valence-corrected chi connectivity index (χ4v) is 1.94. The van der Waals surface area contributed by atoms with Crippen LogP contribution in [0, 0.1) is 0 Å². The van der Waals surface area contributed by atoms with Crippen LogP contribution in [0.5, 0.6) is 5.88 Å². The van der Waals surface area contributed by atoms with Crippen molar-refractivity contribution in [1.82, 2.24) is 14.4 Å². The lowest BCUT2D eigenvalue weighted by molar-refractivity contribution is 0.122. The van der Waals surface area contributed by atoms with Gasteiger partial charge in [-0.3, -0.25) is 9.20 Å². The quantitative estimate of drug-likeness (QED) is 0.741. The SMILES string of the molecule is O=c1cc(O)nc2nc(N3CCOCC3)ccn12. The minimum atomic E-state index is -0.349. The number of morpholine rings is 1. The summed E-state index contributed by atoms with van der Waals surface area (Å²) in [5, 5.41) is 9.31. The van der Waals surface area contributed by atoms with E-state index in [9.17, 15) is 9.90 Å². The van der Waals surface area contributed by atoms with E-state index in [0.717, 1.165) is 25.0 Å². The Morgan fingerprint density at radius 2 is 2.06 bits per heavy atom. The number of aromatic nitrogens is 3. The number of aromatic hydroxyl groups is 1. The lowest BCUT2D eigenvalue weighted by Gasteiger charge is -2.27. The van der Waals surface area contributed by atoms with Crippen LogP contribution in [0.25, 0.3) is 5.78 Å². The molecule has 0 saturated carbocycles. The molecule has 1 aliphatic rings. The molecule has 7 nitrogen and oxygen atoms in total. The molecule has 2 aromatic rings. The molecule has 94 valence electrons. The molecule has 1 saturated heterocycles. The van der Waals surface area contributed by atoms with Crippen molar-refractivity contribution in [2.24, 2.45) is 0 Å².